The normalized spacial score (nSPS) is 22.5. The van der Waals surface area contributed by atoms with E-state index >= 15 is 0 Å². The molecule has 1 saturated heterocycles. The van der Waals surface area contributed by atoms with Gasteiger partial charge in [-0.1, -0.05) is 10.3 Å². The highest BCUT2D eigenvalue weighted by molar-refractivity contribution is 5.91. The highest BCUT2D eigenvalue weighted by atomic mass is 16.5. The first-order valence-electron chi connectivity index (χ1n) is 6.72. The van der Waals surface area contributed by atoms with Gasteiger partial charge in [0.25, 0.3) is 11.8 Å². The number of amides is 1. The summed E-state index contributed by atoms with van der Waals surface area (Å²) in [6, 6.07) is 1.18. The van der Waals surface area contributed by atoms with Gasteiger partial charge >= 0.3 is 0 Å². The lowest BCUT2D eigenvalue weighted by molar-refractivity contribution is -0.0610. The molecule has 0 radical (unpaired) electrons. The average molecular weight is 292 g/mol. The van der Waals surface area contributed by atoms with Gasteiger partial charge < -0.3 is 18.7 Å². The molecule has 2 atom stereocenters. The molecule has 21 heavy (non-hydrogen) atoms. The topological polar surface area (TPSA) is 94.5 Å². The molecular formula is C13H16N4O4. The van der Waals surface area contributed by atoms with Gasteiger partial charge in [-0.3, -0.25) is 4.79 Å². The highest BCUT2D eigenvalue weighted by Gasteiger charge is 2.39. The summed E-state index contributed by atoms with van der Waals surface area (Å²) >= 11 is 0. The molecule has 2 aromatic rings. The molecular weight excluding hydrogens is 276 g/mol. The Bertz CT molecular complexity index is 650. The van der Waals surface area contributed by atoms with Crippen molar-refractivity contribution in [3.63, 3.8) is 0 Å². The van der Waals surface area contributed by atoms with Crippen molar-refractivity contribution in [3.05, 3.63) is 29.2 Å². The van der Waals surface area contributed by atoms with Gasteiger partial charge in [0.2, 0.25) is 5.76 Å². The van der Waals surface area contributed by atoms with Crippen LogP contribution in [-0.4, -0.2) is 45.4 Å². The second-order valence-corrected chi connectivity index (χ2v) is 5.03. The van der Waals surface area contributed by atoms with Crippen LogP contribution >= 0.6 is 0 Å². The van der Waals surface area contributed by atoms with Crippen molar-refractivity contribution >= 4 is 5.91 Å². The molecule has 1 fully saturated rings. The summed E-state index contributed by atoms with van der Waals surface area (Å²) in [4.78, 5) is 18.4. The van der Waals surface area contributed by atoms with Gasteiger partial charge in [-0.25, -0.2) is 0 Å². The third-order valence-electron chi connectivity index (χ3n) is 3.39. The van der Waals surface area contributed by atoms with E-state index < -0.39 is 6.04 Å². The highest BCUT2D eigenvalue weighted by Crippen LogP contribution is 2.29. The number of hydrogen-bond donors (Lipinski definition) is 0. The van der Waals surface area contributed by atoms with Crippen LogP contribution in [0.15, 0.2) is 15.1 Å². The molecule has 1 aliphatic heterocycles. The van der Waals surface area contributed by atoms with Crippen molar-refractivity contribution in [2.75, 3.05) is 13.2 Å². The van der Waals surface area contributed by atoms with Gasteiger partial charge in [0.15, 0.2) is 5.82 Å². The van der Waals surface area contributed by atoms with Gasteiger partial charge in [-0.05, 0) is 20.8 Å². The van der Waals surface area contributed by atoms with E-state index in [9.17, 15) is 4.79 Å². The van der Waals surface area contributed by atoms with Crippen molar-refractivity contribution < 1.29 is 18.6 Å². The van der Waals surface area contributed by atoms with Crippen LogP contribution in [0, 0.1) is 13.8 Å². The lowest BCUT2D eigenvalue weighted by atomic mass is 10.1. The third-order valence-corrected chi connectivity index (χ3v) is 3.39. The number of morpholine rings is 1. The maximum absolute atomic E-state index is 12.6. The number of rotatable bonds is 2. The molecule has 1 aliphatic rings. The van der Waals surface area contributed by atoms with Crippen LogP contribution in [0.5, 0.6) is 0 Å². The predicted octanol–water partition coefficient (Wildman–Crippen LogP) is 1.28. The number of ether oxygens (including phenoxy) is 1. The smallest absolute Gasteiger partial charge is 0.293 e. The zero-order chi connectivity index (χ0) is 15.0. The number of aromatic nitrogens is 3. The summed E-state index contributed by atoms with van der Waals surface area (Å²) in [5.74, 6) is 0.824. The molecule has 3 rings (SSSR count). The Morgan fingerprint density at radius 1 is 1.33 bits per heavy atom. The van der Waals surface area contributed by atoms with Crippen LogP contribution in [0.3, 0.4) is 0 Å². The maximum Gasteiger partial charge on any atom is 0.293 e. The molecule has 112 valence electrons. The van der Waals surface area contributed by atoms with Crippen molar-refractivity contribution in [1.29, 1.82) is 0 Å². The minimum Gasteiger partial charge on any atom is -0.374 e. The third kappa shape index (κ3) is 2.54. The van der Waals surface area contributed by atoms with Gasteiger partial charge in [0, 0.05) is 12.6 Å². The average Bonchev–Trinajstić information content (AvgIpc) is 3.06. The summed E-state index contributed by atoms with van der Waals surface area (Å²) in [5.41, 5.74) is 0.657. The first-order chi connectivity index (χ1) is 10.1. The Hall–Kier alpha value is -2.22. The van der Waals surface area contributed by atoms with Gasteiger partial charge in [0.1, 0.15) is 6.04 Å². The SMILES string of the molecule is Cc1cc(C(=O)N2CCO[C@H](C)[C@H]2c2nc(C)no2)on1. The Balaban J connectivity index is 1.92. The van der Waals surface area contributed by atoms with Crippen LogP contribution < -0.4 is 0 Å². The van der Waals surface area contributed by atoms with Crippen LogP contribution in [0.2, 0.25) is 0 Å². The summed E-state index contributed by atoms with van der Waals surface area (Å²) < 4.78 is 15.9. The number of nitrogens with zero attached hydrogens (tertiary/aromatic N) is 4. The fraction of sp³-hybridized carbons (Fsp3) is 0.538. The van der Waals surface area contributed by atoms with E-state index in [4.69, 9.17) is 13.8 Å². The second kappa shape index (κ2) is 5.28. The molecule has 0 saturated carbocycles. The van der Waals surface area contributed by atoms with Crippen LogP contribution in [-0.2, 0) is 4.74 Å². The largest absolute Gasteiger partial charge is 0.374 e. The van der Waals surface area contributed by atoms with E-state index in [1.54, 1.807) is 24.8 Å². The number of hydrogen-bond acceptors (Lipinski definition) is 7. The second-order valence-electron chi connectivity index (χ2n) is 5.03. The summed E-state index contributed by atoms with van der Waals surface area (Å²) in [6.45, 7) is 6.24. The zero-order valence-corrected chi connectivity index (χ0v) is 12.1. The van der Waals surface area contributed by atoms with Crippen molar-refractivity contribution in [1.82, 2.24) is 20.2 Å². The molecule has 0 bridgehead atoms. The number of aryl methyl sites for hydroxylation is 2. The molecule has 0 N–H and O–H groups in total. The van der Waals surface area contributed by atoms with E-state index in [1.165, 1.54) is 0 Å². The Morgan fingerprint density at radius 3 is 2.76 bits per heavy atom. The van der Waals surface area contributed by atoms with Gasteiger partial charge in [-0.2, -0.15) is 4.98 Å². The molecule has 0 unspecified atom stereocenters. The van der Waals surface area contributed by atoms with E-state index in [0.717, 1.165) is 0 Å². The molecule has 0 aromatic carbocycles. The fourth-order valence-electron chi connectivity index (χ4n) is 2.42. The quantitative estimate of drug-likeness (QED) is 0.822. The van der Waals surface area contributed by atoms with Crippen LogP contribution in [0.1, 0.15) is 40.9 Å². The van der Waals surface area contributed by atoms with Crippen LogP contribution in [0.4, 0.5) is 0 Å². The van der Waals surface area contributed by atoms with Gasteiger partial charge in [0.05, 0.1) is 18.4 Å². The molecule has 0 aliphatic carbocycles. The van der Waals surface area contributed by atoms with Crippen molar-refractivity contribution in [3.8, 4) is 0 Å². The van der Waals surface area contributed by atoms with E-state index in [1.807, 2.05) is 6.92 Å². The van der Waals surface area contributed by atoms with Crippen molar-refractivity contribution in [2.45, 2.75) is 32.9 Å². The predicted molar refractivity (Wildman–Crippen MR) is 69.5 cm³/mol. The lowest BCUT2D eigenvalue weighted by Gasteiger charge is -2.36. The number of carbonyl (C=O) groups is 1. The zero-order valence-electron chi connectivity index (χ0n) is 12.1. The van der Waals surface area contributed by atoms with Crippen LogP contribution in [0.25, 0.3) is 0 Å². The lowest BCUT2D eigenvalue weighted by Crippen LogP contribution is -2.47. The summed E-state index contributed by atoms with van der Waals surface area (Å²) in [5, 5.41) is 7.53. The first-order valence-corrected chi connectivity index (χ1v) is 6.72. The van der Waals surface area contributed by atoms with E-state index in [0.29, 0.717) is 30.6 Å². The summed E-state index contributed by atoms with van der Waals surface area (Å²) in [7, 11) is 0. The summed E-state index contributed by atoms with van der Waals surface area (Å²) in [6.07, 6.45) is -0.244. The van der Waals surface area contributed by atoms with E-state index in [-0.39, 0.29) is 17.8 Å². The minimum absolute atomic E-state index is 0.197. The minimum atomic E-state index is -0.433. The first kappa shape index (κ1) is 13.7. The molecule has 3 heterocycles. The molecule has 2 aromatic heterocycles. The Morgan fingerprint density at radius 2 is 2.14 bits per heavy atom. The molecule has 8 heteroatoms. The standard InChI is InChI=1S/C13H16N4O4/c1-7-6-10(20-15-7)13(18)17-4-5-19-8(2)11(17)12-14-9(3)16-21-12/h6,8,11H,4-5H2,1-3H3/t8-,11+/m1/s1. The molecule has 1 amide bonds. The van der Waals surface area contributed by atoms with Crippen molar-refractivity contribution in [2.24, 2.45) is 0 Å². The monoisotopic (exact) mass is 292 g/mol. The van der Waals surface area contributed by atoms with E-state index in [2.05, 4.69) is 15.3 Å². The maximum atomic E-state index is 12.6. The Labute approximate surface area is 121 Å². The molecule has 8 nitrogen and oxygen atoms in total. The van der Waals surface area contributed by atoms with Gasteiger partial charge in [-0.15, -0.1) is 0 Å². The fourth-order valence-corrected chi connectivity index (χ4v) is 2.42. The number of carbonyl (C=O) groups excluding carboxylic acids is 1. The Kier molecular flexibility index (Phi) is 3.46. The molecule has 0 spiro atoms.